The van der Waals surface area contributed by atoms with E-state index in [1.54, 1.807) is 22.0 Å². The summed E-state index contributed by atoms with van der Waals surface area (Å²) < 4.78 is 6.72. The van der Waals surface area contributed by atoms with E-state index in [4.69, 9.17) is 4.74 Å². The fourth-order valence-electron chi connectivity index (χ4n) is 7.54. The lowest BCUT2D eigenvalue weighted by atomic mass is 9.70. The Morgan fingerprint density at radius 2 is 1.84 bits per heavy atom. The van der Waals surface area contributed by atoms with Crippen molar-refractivity contribution in [3.63, 3.8) is 0 Å². The van der Waals surface area contributed by atoms with Gasteiger partial charge in [0.05, 0.1) is 30.6 Å². The molecule has 6 atom stereocenters. The number of carbonyl (C=O) groups excluding carboxylic acids is 3. The molecule has 0 radical (unpaired) electrons. The van der Waals surface area contributed by atoms with E-state index in [0.29, 0.717) is 31.5 Å². The molecule has 2 aromatic carbocycles. The number of rotatable bonds is 12. The minimum Gasteiger partial charge on any atom is -0.394 e. The zero-order valence-corrected chi connectivity index (χ0v) is 25.4. The summed E-state index contributed by atoms with van der Waals surface area (Å²) in [6, 6.07) is 13.4. The molecule has 2 aromatic rings. The van der Waals surface area contributed by atoms with Crippen LogP contribution < -0.4 is 4.90 Å². The zero-order valence-electron chi connectivity index (χ0n) is 25.4. The molecule has 8 nitrogen and oxygen atoms in total. The Hall–Kier alpha value is -3.75. The first-order valence-corrected chi connectivity index (χ1v) is 15.3. The highest BCUT2D eigenvalue weighted by Gasteiger charge is 2.75. The van der Waals surface area contributed by atoms with Gasteiger partial charge in [-0.15, -0.1) is 13.2 Å². The van der Waals surface area contributed by atoms with Crippen LogP contribution in [0.1, 0.15) is 48.9 Å². The summed E-state index contributed by atoms with van der Waals surface area (Å²) in [7, 11) is 0. The molecule has 0 aliphatic carbocycles. The summed E-state index contributed by atoms with van der Waals surface area (Å²) in [6.45, 7) is 14.4. The summed E-state index contributed by atoms with van der Waals surface area (Å²) in [6.07, 6.45) is 4.73. The minimum atomic E-state index is -1.19. The van der Waals surface area contributed by atoms with E-state index in [0.717, 1.165) is 23.2 Å². The summed E-state index contributed by atoms with van der Waals surface area (Å²) in [5.41, 5.74) is 2.17. The molecule has 3 amide bonds. The summed E-state index contributed by atoms with van der Waals surface area (Å²) in [5.74, 6) is -2.31. The smallest absolute Gasteiger partial charge is 0.253 e. The maximum Gasteiger partial charge on any atom is 0.253 e. The van der Waals surface area contributed by atoms with Gasteiger partial charge < -0.3 is 24.5 Å². The van der Waals surface area contributed by atoms with Gasteiger partial charge >= 0.3 is 0 Å². The van der Waals surface area contributed by atoms with Crippen molar-refractivity contribution in [2.24, 2.45) is 11.8 Å². The number of carbonyl (C=O) groups is 3. The van der Waals surface area contributed by atoms with Gasteiger partial charge in [0.25, 0.3) is 5.91 Å². The largest absolute Gasteiger partial charge is 0.394 e. The lowest BCUT2D eigenvalue weighted by molar-refractivity contribution is -0.147. The van der Waals surface area contributed by atoms with Crippen molar-refractivity contribution in [1.29, 1.82) is 0 Å². The number of ether oxygens (including phenoxy) is 1. The van der Waals surface area contributed by atoms with Crippen molar-refractivity contribution in [1.82, 2.24) is 9.80 Å². The molecule has 2 bridgehead atoms. The van der Waals surface area contributed by atoms with Gasteiger partial charge in [-0.3, -0.25) is 14.4 Å². The molecule has 228 valence electrons. The van der Waals surface area contributed by atoms with Gasteiger partial charge in [0.1, 0.15) is 11.6 Å². The Bertz CT molecular complexity index is 1390. The van der Waals surface area contributed by atoms with Crippen LogP contribution in [0.25, 0.3) is 0 Å². The molecule has 0 saturated carbocycles. The third kappa shape index (κ3) is 5.10. The third-order valence-electron chi connectivity index (χ3n) is 9.34. The molecule has 3 aliphatic heterocycles. The Morgan fingerprint density at radius 1 is 1.12 bits per heavy atom. The topological polar surface area (TPSA) is 90.4 Å². The molecule has 3 saturated heterocycles. The first kappa shape index (κ1) is 30.7. The molecule has 3 heterocycles. The van der Waals surface area contributed by atoms with Crippen molar-refractivity contribution in [2.75, 3.05) is 31.1 Å². The number of aliphatic hydroxyl groups excluding tert-OH is 1. The number of hydrogen-bond donors (Lipinski definition) is 1. The number of fused-ring (bicyclic) bond motifs is 1. The Morgan fingerprint density at radius 3 is 2.49 bits per heavy atom. The maximum atomic E-state index is 15.0. The Balaban J connectivity index is 1.65. The van der Waals surface area contributed by atoms with Crippen molar-refractivity contribution in [3.8, 4) is 0 Å². The van der Waals surface area contributed by atoms with Crippen LogP contribution in [0.2, 0.25) is 0 Å². The molecule has 3 aliphatic rings. The van der Waals surface area contributed by atoms with Crippen LogP contribution in [0.4, 0.5) is 5.69 Å². The highest BCUT2D eigenvalue weighted by atomic mass is 16.5. The molecule has 2 unspecified atom stereocenters. The predicted molar refractivity (Wildman–Crippen MR) is 166 cm³/mol. The normalized spacial score (nSPS) is 26.2. The molecular formula is C35H43N3O5. The number of likely N-dealkylation sites (tertiary alicyclic amines) is 1. The van der Waals surface area contributed by atoms with Crippen LogP contribution in [0.5, 0.6) is 0 Å². The summed E-state index contributed by atoms with van der Waals surface area (Å²) >= 11 is 0. The van der Waals surface area contributed by atoms with E-state index in [1.165, 1.54) is 4.90 Å². The van der Waals surface area contributed by atoms with E-state index in [2.05, 4.69) is 13.2 Å². The maximum absolute atomic E-state index is 15.0. The van der Waals surface area contributed by atoms with Gasteiger partial charge in [0.2, 0.25) is 11.8 Å². The van der Waals surface area contributed by atoms with Gasteiger partial charge in [-0.1, -0.05) is 61.5 Å². The van der Waals surface area contributed by atoms with E-state index < -0.39 is 35.6 Å². The first-order chi connectivity index (χ1) is 20.7. The van der Waals surface area contributed by atoms with Crippen LogP contribution in [0, 0.1) is 25.7 Å². The molecule has 1 spiro atoms. The quantitative estimate of drug-likeness (QED) is 0.374. The fourth-order valence-corrected chi connectivity index (χ4v) is 7.54. The van der Waals surface area contributed by atoms with Gasteiger partial charge in [0.15, 0.2) is 0 Å². The predicted octanol–water partition coefficient (Wildman–Crippen LogP) is 4.36. The summed E-state index contributed by atoms with van der Waals surface area (Å²) in [5, 5.41) is 10.8. The number of nitrogens with zero attached hydrogens (tertiary/aromatic N) is 3. The average molecular weight is 586 g/mol. The van der Waals surface area contributed by atoms with Crippen molar-refractivity contribution < 1.29 is 24.2 Å². The fraction of sp³-hybridized carbons (Fsp3) is 0.457. The van der Waals surface area contributed by atoms with E-state index in [-0.39, 0.29) is 30.9 Å². The SMILES string of the molecule is C=CCN(CCC)C(=O)[C@@H]1[C@@H]2CCC3(O2)C(C(=O)N(CC=C)c2cc(C)ccc2C)N([C@H](CO)c2ccccc2)C(=O)[C@H]13. The lowest BCUT2D eigenvalue weighted by Crippen LogP contribution is -2.57. The monoisotopic (exact) mass is 585 g/mol. The van der Waals surface area contributed by atoms with Gasteiger partial charge in [-0.05, 0) is 55.9 Å². The number of hydrogen-bond acceptors (Lipinski definition) is 5. The van der Waals surface area contributed by atoms with Crippen molar-refractivity contribution >= 4 is 23.4 Å². The lowest BCUT2D eigenvalue weighted by Gasteiger charge is -2.39. The zero-order chi connectivity index (χ0) is 30.9. The standard InChI is InChI=1S/C35H43N3O5/c1-6-18-36(19-7-2)32(40)29-28-16-17-35(43-28)30(29)33(41)38(27(22-39)25-12-10-9-11-13-25)31(35)34(42)37(20-8-3)26-21-23(4)14-15-24(26)5/h6,8-15,21,27-31,39H,1,3,7,16-20,22H2,2,4-5H3/t27-,28+,29-,30+,31?,35?/m1/s1. The molecule has 43 heavy (non-hydrogen) atoms. The molecule has 0 aromatic heterocycles. The third-order valence-corrected chi connectivity index (χ3v) is 9.34. The summed E-state index contributed by atoms with van der Waals surface area (Å²) in [4.78, 5) is 48.7. The van der Waals surface area contributed by atoms with Gasteiger partial charge in [0, 0.05) is 25.3 Å². The number of amides is 3. The molecule has 5 rings (SSSR count). The van der Waals surface area contributed by atoms with Crippen molar-refractivity contribution in [3.05, 3.63) is 90.5 Å². The van der Waals surface area contributed by atoms with Gasteiger partial charge in [-0.25, -0.2) is 0 Å². The Labute approximate surface area is 254 Å². The Kier molecular flexibility index (Phi) is 8.90. The number of benzene rings is 2. The second-order valence-electron chi connectivity index (χ2n) is 12.0. The van der Waals surface area contributed by atoms with E-state index in [1.807, 2.05) is 69.3 Å². The van der Waals surface area contributed by atoms with Crippen LogP contribution in [-0.2, 0) is 19.1 Å². The number of aryl methyl sites for hydroxylation is 2. The first-order valence-electron chi connectivity index (χ1n) is 15.3. The molecule has 3 fully saturated rings. The van der Waals surface area contributed by atoms with E-state index in [9.17, 15) is 19.5 Å². The highest BCUT2D eigenvalue weighted by Crippen LogP contribution is 2.60. The molecule has 1 N–H and O–H groups in total. The molecule has 8 heteroatoms. The minimum absolute atomic E-state index is 0.141. The van der Waals surface area contributed by atoms with E-state index >= 15 is 0 Å². The average Bonchev–Trinajstić information content (AvgIpc) is 3.65. The second kappa shape index (κ2) is 12.5. The van der Waals surface area contributed by atoms with Gasteiger partial charge in [-0.2, -0.15) is 0 Å². The van der Waals surface area contributed by atoms with Crippen molar-refractivity contribution in [2.45, 2.75) is 63.8 Å². The van der Waals surface area contributed by atoms with Crippen LogP contribution in [0.15, 0.2) is 73.8 Å². The van der Waals surface area contributed by atoms with Crippen LogP contribution >= 0.6 is 0 Å². The number of aliphatic hydroxyl groups is 1. The number of anilines is 1. The van der Waals surface area contributed by atoms with Crippen LogP contribution in [0.3, 0.4) is 0 Å². The molecular weight excluding hydrogens is 542 g/mol. The van der Waals surface area contributed by atoms with Crippen LogP contribution in [-0.4, -0.2) is 76.6 Å². The highest BCUT2D eigenvalue weighted by molar-refractivity contribution is 6.05. The second-order valence-corrected chi connectivity index (χ2v) is 12.0.